The van der Waals surface area contributed by atoms with Crippen LogP contribution in [0, 0.1) is 0 Å². The van der Waals surface area contributed by atoms with Crippen LogP contribution >= 0.6 is 0 Å². The first-order valence-corrected chi connectivity index (χ1v) is 11.1. The molecule has 0 bridgehead atoms. The SMILES string of the molecule is CNc1nc(N[C@@H]2CCN(CCOC)C[C@H]2F)nn2ccc(-c3ccc4ncccc4n3)c12. The highest BCUT2D eigenvalue weighted by atomic mass is 19.1. The lowest BCUT2D eigenvalue weighted by Gasteiger charge is -2.34. The molecule has 2 atom stereocenters. The van der Waals surface area contributed by atoms with Crippen molar-refractivity contribution in [1.29, 1.82) is 0 Å². The van der Waals surface area contributed by atoms with Gasteiger partial charge < -0.3 is 15.4 Å². The normalized spacial score (nSPS) is 19.2. The monoisotopic (exact) mass is 450 g/mol. The third kappa shape index (κ3) is 4.31. The highest BCUT2D eigenvalue weighted by Crippen LogP contribution is 2.30. The van der Waals surface area contributed by atoms with Crippen molar-refractivity contribution in [1.82, 2.24) is 29.5 Å². The van der Waals surface area contributed by atoms with E-state index in [1.54, 1.807) is 17.8 Å². The zero-order valence-corrected chi connectivity index (χ0v) is 18.7. The van der Waals surface area contributed by atoms with E-state index in [0.29, 0.717) is 31.3 Å². The van der Waals surface area contributed by atoms with Crippen molar-refractivity contribution in [2.45, 2.75) is 18.6 Å². The second-order valence-electron chi connectivity index (χ2n) is 8.14. The molecule has 1 aliphatic heterocycles. The zero-order valence-electron chi connectivity index (χ0n) is 18.7. The highest BCUT2D eigenvalue weighted by molar-refractivity contribution is 5.89. The molecule has 9 nitrogen and oxygen atoms in total. The van der Waals surface area contributed by atoms with Gasteiger partial charge in [-0.25, -0.2) is 13.9 Å². The molecule has 1 saturated heterocycles. The van der Waals surface area contributed by atoms with Gasteiger partial charge in [0.15, 0.2) is 5.82 Å². The molecule has 1 fully saturated rings. The fourth-order valence-corrected chi connectivity index (χ4v) is 4.29. The molecule has 172 valence electrons. The fraction of sp³-hybridized carbons (Fsp3) is 0.391. The maximum atomic E-state index is 14.8. The first-order chi connectivity index (χ1) is 16.2. The summed E-state index contributed by atoms with van der Waals surface area (Å²) in [4.78, 5) is 15.8. The number of methoxy groups -OCH3 is 1. The standard InChI is InChI=1S/C23H27FN8O/c1-25-22-21-15(17-5-6-19-20(27-17)4-3-9-26-19)7-11-32(21)30-23(29-22)28-18-8-10-31(12-13-33-2)14-16(18)24/h3-7,9,11,16,18H,8,10,12-14H2,1-2H3,(H2,25,28,29,30)/t16-,18-/m1/s1. The minimum Gasteiger partial charge on any atom is -0.383 e. The lowest BCUT2D eigenvalue weighted by Crippen LogP contribution is -2.48. The number of nitrogens with one attached hydrogen (secondary N) is 2. The van der Waals surface area contributed by atoms with Crippen molar-refractivity contribution in [2.24, 2.45) is 0 Å². The number of likely N-dealkylation sites (tertiary alicyclic amines) is 1. The highest BCUT2D eigenvalue weighted by Gasteiger charge is 2.30. The van der Waals surface area contributed by atoms with Crippen LogP contribution in [0.1, 0.15) is 6.42 Å². The quantitative estimate of drug-likeness (QED) is 0.444. The second kappa shape index (κ2) is 9.24. The molecular formula is C23H27FN8O. The Morgan fingerprint density at radius 3 is 2.91 bits per heavy atom. The molecule has 0 amide bonds. The third-order valence-electron chi connectivity index (χ3n) is 6.03. The van der Waals surface area contributed by atoms with Gasteiger partial charge in [-0.1, -0.05) is 0 Å². The molecule has 0 aromatic carbocycles. The van der Waals surface area contributed by atoms with Crippen LogP contribution < -0.4 is 10.6 Å². The van der Waals surface area contributed by atoms with Crippen LogP contribution in [0.15, 0.2) is 42.7 Å². The molecule has 1 aliphatic rings. The van der Waals surface area contributed by atoms with Crippen molar-refractivity contribution < 1.29 is 9.13 Å². The molecule has 10 heteroatoms. The number of ether oxygens (including phenoxy) is 1. The Balaban J connectivity index is 1.41. The summed E-state index contributed by atoms with van der Waals surface area (Å²) in [6.07, 6.45) is 3.29. The van der Waals surface area contributed by atoms with Crippen LogP contribution in [-0.2, 0) is 4.74 Å². The molecule has 2 N–H and O–H groups in total. The minimum absolute atomic E-state index is 0.337. The number of piperidine rings is 1. The number of hydrogen-bond donors (Lipinski definition) is 2. The van der Waals surface area contributed by atoms with E-state index in [0.717, 1.165) is 40.9 Å². The van der Waals surface area contributed by atoms with Gasteiger partial charge >= 0.3 is 0 Å². The van der Waals surface area contributed by atoms with Crippen LogP contribution in [0.25, 0.3) is 27.8 Å². The summed E-state index contributed by atoms with van der Waals surface area (Å²) in [6, 6.07) is 9.34. The fourth-order valence-electron chi connectivity index (χ4n) is 4.29. The molecule has 0 aliphatic carbocycles. The van der Waals surface area contributed by atoms with Crippen LogP contribution in [-0.4, -0.2) is 82.1 Å². The summed E-state index contributed by atoms with van der Waals surface area (Å²) in [5.74, 6) is 1.04. The van der Waals surface area contributed by atoms with Crippen LogP contribution in [0.3, 0.4) is 0 Å². The van der Waals surface area contributed by atoms with Gasteiger partial charge in [0, 0.05) is 51.7 Å². The van der Waals surface area contributed by atoms with Gasteiger partial charge in [-0.3, -0.25) is 9.88 Å². The van der Waals surface area contributed by atoms with Gasteiger partial charge in [0.2, 0.25) is 5.95 Å². The summed E-state index contributed by atoms with van der Waals surface area (Å²) >= 11 is 0. The molecule has 5 rings (SSSR count). The molecule has 5 heterocycles. The molecular weight excluding hydrogens is 423 g/mol. The van der Waals surface area contributed by atoms with E-state index in [1.807, 2.05) is 43.6 Å². The Morgan fingerprint density at radius 2 is 2.09 bits per heavy atom. The van der Waals surface area contributed by atoms with Gasteiger partial charge in [0.25, 0.3) is 0 Å². The Kier molecular flexibility index (Phi) is 6.01. The molecule has 0 saturated carbocycles. The van der Waals surface area contributed by atoms with Gasteiger partial charge in [-0.15, -0.1) is 5.10 Å². The van der Waals surface area contributed by atoms with Crippen molar-refractivity contribution in [3.63, 3.8) is 0 Å². The van der Waals surface area contributed by atoms with E-state index in [4.69, 9.17) is 9.72 Å². The number of hydrogen-bond acceptors (Lipinski definition) is 8. The maximum absolute atomic E-state index is 14.8. The Hall–Kier alpha value is -3.37. The van der Waals surface area contributed by atoms with Gasteiger partial charge in [0.1, 0.15) is 11.7 Å². The maximum Gasteiger partial charge on any atom is 0.243 e. The van der Waals surface area contributed by atoms with Crippen LogP contribution in [0.5, 0.6) is 0 Å². The molecule has 4 aromatic rings. The average Bonchev–Trinajstić information content (AvgIpc) is 3.27. The predicted octanol–water partition coefficient (Wildman–Crippen LogP) is 2.85. The number of halogens is 1. The number of anilines is 2. The summed E-state index contributed by atoms with van der Waals surface area (Å²) in [5.41, 5.74) is 4.20. The first-order valence-electron chi connectivity index (χ1n) is 11.1. The molecule has 33 heavy (non-hydrogen) atoms. The van der Waals surface area contributed by atoms with E-state index in [9.17, 15) is 4.39 Å². The van der Waals surface area contributed by atoms with Crippen molar-refractivity contribution in [3.8, 4) is 11.3 Å². The summed E-state index contributed by atoms with van der Waals surface area (Å²) in [7, 11) is 3.47. The first kappa shape index (κ1) is 21.5. The van der Waals surface area contributed by atoms with E-state index in [1.165, 1.54) is 0 Å². The molecule has 0 radical (unpaired) electrons. The van der Waals surface area contributed by atoms with E-state index in [2.05, 4.69) is 30.6 Å². The number of aromatic nitrogens is 5. The van der Waals surface area contributed by atoms with Crippen molar-refractivity contribution >= 4 is 28.3 Å². The zero-order chi connectivity index (χ0) is 22.8. The van der Waals surface area contributed by atoms with Crippen molar-refractivity contribution in [3.05, 3.63) is 42.7 Å². The summed E-state index contributed by atoms with van der Waals surface area (Å²) in [6.45, 7) is 2.52. The van der Waals surface area contributed by atoms with Crippen molar-refractivity contribution in [2.75, 3.05) is 51.0 Å². The Bertz CT molecular complexity index is 1260. The Morgan fingerprint density at radius 1 is 1.18 bits per heavy atom. The minimum atomic E-state index is -1.01. The number of pyridine rings is 2. The van der Waals surface area contributed by atoms with E-state index in [-0.39, 0.29) is 6.04 Å². The topological polar surface area (TPSA) is 92.5 Å². The van der Waals surface area contributed by atoms with E-state index < -0.39 is 6.17 Å². The average molecular weight is 451 g/mol. The number of rotatable bonds is 7. The molecule has 0 unspecified atom stereocenters. The van der Waals surface area contributed by atoms with Crippen LogP contribution in [0.4, 0.5) is 16.2 Å². The van der Waals surface area contributed by atoms with Gasteiger partial charge in [-0.05, 0) is 36.8 Å². The summed E-state index contributed by atoms with van der Waals surface area (Å²) in [5, 5.41) is 11.0. The Labute approximate surface area is 191 Å². The van der Waals surface area contributed by atoms with Crippen LogP contribution in [0.2, 0.25) is 0 Å². The lowest BCUT2D eigenvalue weighted by molar-refractivity contribution is 0.0918. The molecule has 4 aromatic heterocycles. The largest absolute Gasteiger partial charge is 0.383 e. The number of fused-ring (bicyclic) bond motifs is 2. The lowest BCUT2D eigenvalue weighted by atomic mass is 10.0. The van der Waals surface area contributed by atoms with Gasteiger partial charge in [-0.2, -0.15) is 4.98 Å². The number of alkyl halides is 1. The number of nitrogens with zero attached hydrogens (tertiary/aromatic N) is 6. The molecule has 0 spiro atoms. The van der Waals surface area contributed by atoms with E-state index >= 15 is 0 Å². The second-order valence-corrected chi connectivity index (χ2v) is 8.14. The predicted molar refractivity (Wildman–Crippen MR) is 126 cm³/mol. The third-order valence-corrected chi connectivity index (χ3v) is 6.03. The smallest absolute Gasteiger partial charge is 0.243 e. The van der Waals surface area contributed by atoms with Gasteiger partial charge in [0.05, 0.1) is 29.4 Å². The summed E-state index contributed by atoms with van der Waals surface area (Å²) < 4.78 is 21.7.